The van der Waals surface area contributed by atoms with E-state index in [2.05, 4.69) is 11.4 Å². The molecular formula is C20H35N3O3. The zero-order valence-electron chi connectivity index (χ0n) is 16.5. The molecule has 1 aliphatic rings. The molecule has 26 heavy (non-hydrogen) atoms. The fraction of sp³-hybridized carbons (Fsp3) is 0.550. The van der Waals surface area contributed by atoms with Gasteiger partial charge in [0.25, 0.3) is 0 Å². The number of carbonyl (C=O) groups excluding carboxylic acids is 1. The molecule has 0 aromatic carbocycles. The largest absolute Gasteiger partial charge is 0.400 e. The molecular weight excluding hydrogens is 330 g/mol. The number of allylic oxidation sites excluding steroid dienone is 2. The molecule has 1 rings (SSSR count). The van der Waals surface area contributed by atoms with E-state index in [4.69, 9.17) is 21.3 Å². The molecule has 1 amide bonds. The van der Waals surface area contributed by atoms with E-state index in [1.54, 1.807) is 0 Å². The third-order valence-corrected chi connectivity index (χ3v) is 4.12. The number of primary amides is 1. The Morgan fingerprint density at radius 3 is 2.73 bits per heavy atom. The average Bonchev–Trinajstić information content (AvgIpc) is 2.69. The summed E-state index contributed by atoms with van der Waals surface area (Å²) in [7, 11) is 1.00. The van der Waals surface area contributed by atoms with Crippen LogP contribution in [0.2, 0.25) is 0 Å². The molecule has 0 fully saturated rings. The van der Waals surface area contributed by atoms with Gasteiger partial charge in [0.2, 0.25) is 5.91 Å². The van der Waals surface area contributed by atoms with Crippen LogP contribution in [-0.4, -0.2) is 43.0 Å². The third kappa shape index (κ3) is 9.10. The van der Waals surface area contributed by atoms with E-state index in [9.17, 15) is 4.79 Å². The highest BCUT2D eigenvalue weighted by atomic mass is 16.5. The Hall–Kier alpha value is -1.73. The van der Waals surface area contributed by atoms with Crippen LogP contribution in [0.5, 0.6) is 0 Å². The van der Waals surface area contributed by atoms with E-state index in [-0.39, 0.29) is 6.04 Å². The average molecular weight is 366 g/mol. The van der Waals surface area contributed by atoms with Gasteiger partial charge >= 0.3 is 0 Å². The standard InChI is InChI=1S/C19H31N3O2.CH4O/c1-4-7-16(5-2)13-24-14-22-17-8-6-11-19(21,18(20)23)12-15(3)9-10-17;1-2/h4-9,17,22H,10-14,21H2,1-3H3,(H2,20,23);2H,1H3/b7-4-,8-6+,15-9+,16-5+;. The summed E-state index contributed by atoms with van der Waals surface area (Å²) in [6, 6.07) is 0.144. The molecule has 0 saturated carbocycles. The van der Waals surface area contributed by atoms with Crippen molar-refractivity contribution in [2.45, 2.75) is 51.6 Å². The molecule has 1 aliphatic carbocycles. The molecule has 0 heterocycles. The van der Waals surface area contributed by atoms with Crippen molar-refractivity contribution >= 4 is 5.91 Å². The molecule has 6 heteroatoms. The van der Waals surface area contributed by atoms with Gasteiger partial charge in [-0.2, -0.15) is 0 Å². The summed E-state index contributed by atoms with van der Waals surface area (Å²) >= 11 is 0. The van der Waals surface area contributed by atoms with E-state index in [1.807, 2.05) is 51.2 Å². The van der Waals surface area contributed by atoms with Crippen LogP contribution in [0.25, 0.3) is 0 Å². The quantitative estimate of drug-likeness (QED) is 0.238. The van der Waals surface area contributed by atoms with Gasteiger partial charge in [-0.15, -0.1) is 0 Å². The van der Waals surface area contributed by atoms with E-state index < -0.39 is 11.4 Å². The molecule has 0 aromatic rings. The van der Waals surface area contributed by atoms with Gasteiger partial charge in [-0.3, -0.25) is 10.1 Å². The van der Waals surface area contributed by atoms with Crippen molar-refractivity contribution in [1.29, 1.82) is 0 Å². The highest BCUT2D eigenvalue weighted by molar-refractivity contribution is 5.85. The second kappa shape index (κ2) is 13.5. The molecule has 148 valence electrons. The van der Waals surface area contributed by atoms with Crippen molar-refractivity contribution in [2.24, 2.45) is 11.5 Å². The summed E-state index contributed by atoms with van der Waals surface area (Å²) in [5.41, 5.74) is 12.8. The minimum atomic E-state index is -1.00. The fourth-order valence-corrected chi connectivity index (χ4v) is 2.61. The number of aliphatic hydroxyl groups excluding tert-OH is 1. The molecule has 0 aliphatic heterocycles. The number of ether oxygens (including phenoxy) is 1. The lowest BCUT2D eigenvalue weighted by Gasteiger charge is -2.24. The third-order valence-electron chi connectivity index (χ3n) is 4.12. The zero-order chi connectivity index (χ0) is 20.0. The molecule has 2 atom stereocenters. The Kier molecular flexibility index (Phi) is 12.6. The van der Waals surface area contributed by atoms with E-state index in [0.717, 1.165) is 24.7 Å². The molecule has 6 N–H and O–H groups in total. The maximum atomic E-state index is 11.6. The second-order valence-corrected chi connectivity index (χ2v) is 6.28. The maximum Gasteiger partial charge on any atom is 0.238 e. The fourth-order valence-electron chi connectivity index (χ4n) is 2.61. The first-order valence-corrected chi connectivity index (χ1v) is 8.86. The Bertz CT molecular complexity index is 538. The molecule has 0 radical (unpaired) electrons. The van der Waals surface area contributed by atoms with E-state index >= 15 is 0 Å². The predicted molar refractivity (Wildman–Crippen MR) is 107 cm³/mol. The smallest absolute Gasteiger partial charge is 0.238 e. The maximum absolute atomic E-state index is 11.6. The van der Waals surface area contributed by atoms with Crippen molar-refractivity contribution in [2.75, 3.05) is 20.4 Å². The van der Waals surface area contributed by atoms with Gasteiger partial charge in [-0.25, -0.2) is 0 Å². The minimum Gasteiger partial charge on any atom is -0.400 e. The predicted octanol–water partition coefficient (Wildman–Crippen LogP) is 1.92. The molecule has 0 aromatic heterocycles. The van der Waals surface area contributed by atoms with E-state index in [1.165, 1.54) is 0 Å². The second-order valence-electron chi connectivity index (χ2n) is 6.28. The van der Waals surface area contributed by atoms with Gasteiger partial charge in [0.1, 0.15) is 5.54 Å². The number of hydrogen-bond acceptors (Lipinski definition) is 5. The first kappa shape index (κ1) is 24.3. The van der Waals surface area contributed by atoms with Crippen LogP contribution in [0.3, 0.4) is 0 Å². The number of aliphatic hydroxyl groups is 1. The normalized spacial score (nSPS) is 27.4. The lowest BCUT2D eigenvalue weighted by Crippen LogP contribution is -2.51. The summed E-state index contributed by atoms with van der Waals surface area (Å²) < 4.78 is 5.67. The van der Waals surface area contributed by atoms with Crippen molar-refractivity contribution in [3.05, 3.63) is 47.6 Å². The number of rotatable bonds is 7. The zero-order valence-corrected chi connectivity index (χ0v) is 16.5. The summed E-state index contributed by atoms with van der Waals surface area (Å²) in [4.78, 5) is 11.6. The van der Waals surface area contributed by atoms with Crippen LogP contribution < -0.4 is 16.8 Å². The highest BCUT2D eigenvalue weighted by Crippen LogP contribution is 2.21. The van der Waals surface area contributed by atoms with Crippen LogP contribution >= 0.6 is 0 Å². The lowest BCUT2D eigenvalue weighted by atomic mass is 9.88. The summed E-state index contributed by atoms with van der Waals surface area (Å²) in [5, 5.41) is 10.4. The molecule has 0 saturated heterocycles. The monoisotopic (exact) mass is 365 g/mol. The van der Waals surface area contributed by atoms with Crippen molar-refractivity contribution in [3.8, 4) is 0 Å². The van der Waals surface area contributed by atoms with Gasteiger partial charge in [-0.05, 0) is 45.6 Å². The van der Waals surface area contributed by atoms with Gasteiger partial charge in [0, 0.05) is 13.2 Å². The lowest BCUT2D eigenvalue weighted by molar-refractivity contribution is -0.123. The first-order valence-electron chi connectivity index (χ1n) is 8.86. The molecule has 0 spiro atoms. The van der Waals surface area contributed by atoms with Crippen LogP contribution in [0.1, 0.15) is 40.0 Å². The van der Waals surface area contributed by atoms with Crippen molar-refractivity contribution < 1.29 is 14.6 Å². The van der Waals surface area contributed by atoms with Gasteiger partial charge < -0.3 is 21.3 Å². The van der Waals surface area contributed by atoms with Crippen LogP contribution in [0, 0.1) is 0 Å². The SMILES string of the molecule is C/C=C\C(=C/C)COCNC1/C=C/CC(N)(C(N)=O)C/C(C)=C/C1.CO. The topological polar surface area (TPSA) is 111 Å². The number of amides is 1. The van der Waals surface area contributed by atoms with E-state index in [0.29, 0.717) is 26.2 Å². The Balaban J connectivity index is 0.00000301. The Labute approximate surface area is 157 Å². The minimum absolute atomic E-state index is 0.144. The van der Waals surface area contributed by atoms with Crippen molar-refractivity contribution in [3.63, 3.8) is 0 Å². The summed E-state index contributed by atoms with van der Waals surface area (Å²) in [5.74, 6) is -0.461. The summed E-state index contributed by atoms with van der Waals surface area (Å²) in [6.45, 7) is 7.01. The molecule has 0 bridgehead atoms. The Morgan fingerprint density at radius 1 is 1.46 bits per heavy atom. The van der Waals surface area contributed by atoms with Crippen LogP contribution in [0.4, 0.5) is 0 Å². The highest BCUT2D eigenvalue weighted by Gasteiger charge is 2.31. The first-order chi connectivity index (χ1) is 12.4. The van der Waals surface area contributed by atoms with Crippen molar-refractivity contribution in [1.82, 2.24) is 5.32 Å². The molecule has 2 unspecified atom stereocenters. The van der Waals surface area contributed by atoms with Gasteiger partial charge in [0.05, 0.1) is 13.3 Å². The number of carbonyl (C=O) groups is 1. The summed E-state index contributed by atoms with van der Waals surface area (Å²) in [6.07, 6.45) is 13.9. The molecule has 6 nitrogen and oxygen atoms in total. The van der Waals surface area contributed by atoms with Gasteiger partial charge in [0.15, 0.2) is 0 Å². The number of nitrogens with two attached hydrogens (primary N) is 2. The van der Waals surface area contributed by atoms with Crippen LogP contribution in [-0.2, 0) is 9.53 Å². The van der Waals surface area contributed by atoms with Crippen LogP contribution in [0.15, 0.2) is 47.6 Å². The van der Waals surface area contributed by atoms with Gasteiger partial charge in [-0.1, -0.05) is 42.0 Å². The number of hydrogen-bond donors (Lipinski definition) is 4. The Morgan fingerprint density at radius 2 is 2.15 bits per heavy atom. The number of nitrogens with one attached hydrogen (secondary N) is 1.